The summed E-state index contributed by atoms with van der Waals surface area (Å²) >= 11 is 0. The van der Waals surface area contributed by atoms with Gasteiger partial charge in [-0.15, -0.1) is 0 Å². The summed E-state index contributed by atoms with van der Waals surface area (Å²) < 4.78 is 0. The first-order chi connectivity index (χ1) is 7.79. The molecule has 3 heteroatoms. The van der Waals surface area contributed by atoms with Crippen LogP contribution in [0.2, 0.25) is 0 Å². The molecule has 0 amide bonds. The first-order valence-corrected chi connectivity index (χ1v) is 6.95. The van der Waals surface area contributed by atoms with Crippen molar-refractivity contribution in [2.75, 3.05) is 39.8 Å². The third kappa shape index (κ3) is 3.19. The molecule has 0 bridgehead atoms. The van der Waals surface area contributed by atoms with E-state index >= 15 is 0 Å². The number of hydrogen-bond donors (Lipinski definition) is 1. The van der Waals surface area contributed by atoms with Crippen LogP contribution in [0.1, 0.15) is 32.6 Å². The van der Waals surface area contributed by atoms with Gasteiger partial charge in [-0.05, 0) is 39.3 Å². The summed E-state index contributed by atoms with van der Waals surface area (Å²) in [6, 6.07) is 1.66. The standard InChI is InChI=1S/C13H27N3/c1-3-6-14-12-4-5-13(11-12)16-9-7-15(2)8-10-16/h12-14H,3-11H2,1-2H3. The van der Waals surface area contributed by atoms with Crippen molar-refractivity contribution in [3.8, 4) is 0 Å². The molecule has 94 valence electrons. The Bertz CT molecular complexity index is 199. The third-order valence-corrected chi connectivity index (χ3v) is 4.14. The van der Waals surface area contributed by atoms with Gasteiger partial charge in [0.2, 0.25) is 0 Å². The molecule has 1 saturated carbocycles. The maximum atomic E-state index is 3.67. The van der Waals surface area contributed by atoms with E-state index in [9.17, 15) is 0 Å². The molecule has 2 aliphatic rings. The van der Waals surface area contributed by atoms with Gasteiger partial charge in [0.25, 0.3) is 0 Å². The minimum Gasteiger partial charge on any atom is -0.314 e. The highest BCUT2D eigenvalue weighted by Gasteiger charge is 2.29. The Kier molecular flexibility index (Phi) is 4.62. The number of nitrogens with one attached hydrogen (secondary N) is 1. The van der Waals surface area contributed by atoms with Gasteiger partial charge in [-0.1, -0.05) is 6.92 Å². The number of rotatable bonds is 4. The second kappa shape index (κ2) is 5.99. The Morgan fingerprint density at radius 1 is 1.12 bits per heavy atom. The summed E-state index contributed by atoms with van der Waals surface area (Å²) in [7, 11) is 2.23. The monoisotopic (exact) mass is 225 g/mol. The van der Waals surface area contributed by atoms with Crippen LogP contribution >= 0.6 is 0 Å². The van der Waals surface area contributed by atoms with Gasteiger partial charge in [0.15, 0.2) is 0 Å². The molecule has 2 unspecified atom stereocenters. The zero-order valence-electron chi connectivity index (χ0n) is 10.9. The maximum Gasteiger partial charge on any atom is 0.0113 e. The van der Waals surface area contributed by atoms with Crippen molar-refractivity contribution in [2.24, 2.45) is 0 Å². The molecule has 2 fully saturated rings. The lowest BCUT2D eigenvalue weighted by Gasteiger charge is -2.36. The summed E-state index contributed by atoms with van der Waals surface area (Å²) in [5, 5.41) is 3.67. The van der Waals surface area contributed by atoms with Gasteiger partial charge in [0.05, 0.1) is 0 Å². The molecule has 3 nitrogen and oxygen atoms in total. The van der Waals surface area contributed by atoms with Gasteiger partial charge in [-0.3, -0.25) is 4.90 Å². The predicted octanol–water partition coefficient (Wildman–Crippen LogP) is 1.15. The first-order valence-electron chi connectivity index (χ1n) is 6.95. The Balaban J connectivity index is 1.71. The number of hydrogen-bond acceptors (Lipinski definition) is 3. The SMILES string of the molecule is CCCNC1CCC(N2CCN(C)CC2)C1. The Morgan fingerprint density at radius 3 is 2.56 bits per heavy atom. The van der Waals surface area contributed by atoms with Crippen LogP contribution in [0.4, 0.5) is 0 Å². The number of piperazine rings is 1. The van der Waals surface area contributed by atoms with Crippen molar-refractivity contribution in [3.05, 3.63) is 0 Å². The molecule has 16 heavy (non-hydrogen) atoms. The van der Waals surface area contributed by atoms with E-state index in [0.29, 0.717) is 0 Å². The first kappa shape index (κ1) is 12.3. The zero-order valence-corrected chi connectivity index (χ0v) is 10.9. The van der Waals surface area contributed by atoms with Crippen LogP contribution in [-0.4, -0.2) is 61.7 Å². The van der Waals surface area contributed by atoms with Crippen molar-refractivity contribution in [1.82, 2.24) is 15.1 Å². The van der Waals surface area contributed by atoms with E-state index in [2.05, 4.69) is 29.1 Å². The molecule has 1 aliphatic carbocycles. The van der Waals surface area contributed by atoms with Crippen LogP contribution < -0.4 is 5.32 Å². The largest absolute Gasteiger partial charge is 0.314 e. The highest BCUT2D eigenvalue weighted by Crippen LogP contribution is 2.24. The van der Waals surface area contributed by atoms with E-state index in [1.54, 1.807) is 0 Å². The predicted molar refractivity (Wildman–Crippen MR) is 68.8 cm³/mol. The van der Waals surface area contributed by atoms with Gasteiger partial charge in [0, 0.05) is 38.3 Å². The van der Waals surface area contributed by atoms with Crippen molar-refractivity contribution in [2.45, 2.75) is 44.7 Å². The molecule has 2 atom stereocenters. The lowest BCUT2D eigenvalue weighted by molar-refractivity contribution is 0.112. The lowest BCUT2D eigenvalue weighted by Crippen LogP contribution is -2.48. The summed E-state index contributed by atoms with van der Waals surface area (Å²) in [5.41, 5.74) is 0. The summed E-state index contributed by atoms with van der Waals surface area (Å²) in [6.45, 7) is 8.51. The van der Waals surface area contributed by atoms with Crippen LogP contribution in [-0.2, 0) is 0 Å². The summed E-state index contributed by atoms with van der Waals surface area (Å²) in [5.74, 6) is 0. The fraction of sp³-hybridized carbons (Fsp3) is 1.00. The Labute approximate surface area is 100 Å². The Morgan fingerprint density at radius 2 is 1.88 bits per heavy atom. The third-order valence-electron chi connectivity index (χ3n) is 4.14. The molecular formula is C13H27N3. The minimum absolute atomic E-state index is 0.796. The average molecular weight is 225 g/mol. The van der Waals surface area contributed by atoms with E-state index in [4.69, 9.17) is 0 Å². The van der Waals surface area contributed by atoms with Crippen molar-refractivity contribution < 1.29 is 0 Å². The van der Waals surface area contributed by atoms with Gasteiger partial charge >= 0.3 is 0 Å². The van der Waals surface area contributed by atoms with Gasteiger partial charge in [0.1, 0.15) is 0 Å². The second-order valence-electron chi connectivity index (χ2n) is 5.46. The van der Waals surface area contributed by atoms with Gasteiger partial charge < -0.3 is 10.2 Å². The van der Waals surface area contributed by atoms with E-state index in [1.807, 2.05) is 0 Å². The van der Waals surface area contributed by atoms with Crippen molar-refractivity contribution in [1.29, 1.82) is 0 Å². The molecular weight excluding hydrogens is 198 g/mol. The maximum absolute atomic E-state index is 3.67. The van der Waals surface area contributed by atoms with Crippen LogP contribution in [0.3, 0.4) is 0 Å². The highest BCUT2D eigenvalue weighted by atomic mass is 15.3. The second-order valence-corrected chi connectivity index (χ2v) is 5.46. The van der Waals surface area contributed by atoms with Crippen LogP contribution in [0.15, 0.2) is 0 Å². The molecule has 0 aromatic rings. The highest BCUT2D eigenvalue weighted by molar-refractivity contribution is 4.88. The van der Waals surface area contributed by atoms with Crippen LogP contribution in [0.5, 0.6) is 0 Å². The zero-order chi connectivity index (χ0) is 11.4. The molecule has 1 heterocycles. The van der Waals surface area contributed by atoms with Gasteiger partial charge in [-0.25, -0.2) is 0 Å². The van der Waals surface area contributed by atoms with E-state index in [0.717, 1.165) is 12.1 Å². The lowest BCUT2D eigenvalue weighted by atomic mass is 10.1. The molecule has 1 N–H and O–H groups in total. The molecule has 1 aliphatic heterocycles. The van der Waals surface area contributed by atoms with Crippen molar-refractivity contribution >= 4 is 0 Å². The fourth-order valence-electron chi connectivity index (χ4n) is 3.01. The summed E-state index contributed by atoms with van der Waals surface area (Å²) in [6.07, 6.45) is 5.43. The van der Waals surface area contributed by atoms with E-state index in [1.165, 1.54) is 58.4 Å². The number of nitrogens with zero attached hydrogens (tertiary/aromatic N) is 2. The molecule has 1 saturated heterocycles. The topological polar surface area (TPSA) is 18.5 Å². The van der Waals surface area contributed by atoms with Crippen molar-refractivity contribution in [3.63, 3.8) is 0 Å². The van der Waals surface area contributed by atoms with E-state index < -0.39 is 0 Å². The fourth-order valence-corrected chi connectivity index (χ4v) is 3.01. The van der Waals surface area contributed by atoms with Crippen LogP contribution in [0.25, 0.3) is 0 Å². The molecule has 0 radical (unpaired) electrons. The Hall–Kier alpha value is -0.120. The average Bonchev–Trinajstić information content (AvgIpc) is 2.76. The quantitative estimate of drug-likeness (QED) is 0.774. The number of likely N-dealkylation sites (N-methyl/N-ethyl adjacent to an activating group) is 1. The molecule has 0 aromatic carbocycles. The van der Waals surface area contributed by atoms with E-state index in [-0.39, 0.29) is 0 Å². The molecule has 0 aromatic heterocycles. The molecule has 0 spiro atoms. The minimum atomic E-state index is 0.796. The van der Waals surface area contributed by atoms with Crippen LogP contribution in [0, 0.1) is 0 Å². The smallest absolute Gasteiger partial charge is 0.0113 e. The van der Waals surface area contributed by atoms with Gasteiger partial charge in [-0.2, -0.15) is 0 Å². The summed E-state index contributed by atoms with van der Waals surface area (Å²) in [4.78, 5) is 5.16. The normalized spacial score (nSPS) is 33.4. The molecule has 2 rings (SSSR count).